The van der Waals surface area contributed by atoms with Gasteiger partial charge in [0.15, 0.2) is 0 Å². The molecule has 0 heterocycles. The summed E-state index contributed by atoms with van der Waals surface area (Å²) in [6.07, 6.45) is 0. The van der Waals surface area contributed by atoms with Gasteiger partial charge in [-0.25, -0.2) is 0 Å². The van der Waals surface area contributed by atoms with Crippen molar-refractivity contribution in [3.8, 4) is 0 Å². The van der Waals surface area contributed by atoms with Gasteiger partial charge in [0.05, 0.1) is 7.11 Å². The van der Waals surface area contributed by atoms with Crippen molar-refractivity contribution >= 4 is 15.7 Å². The van der Waals surface area contributed by atoms with Gasteiger partial charge in [-0.3, -0.25) is 4.79 Å². The zero-order valence-electron chi connectivity index (χ0n) is 8.09. The fraction of sp³-hybridized carbons (Fsp3) is 0.125. The summed E-state index contributed by atoms with van der Waals surface area (Å²) in [6, 6.07) is 9.52. The van der Waals surface area contributed by atoms with Crippen molar-refractivity contribution in [1.82, 2.24) is 0 Å². The summed E-state index contributed by atoms with van der Waals surface area (Å²) < 4.78 is 4.48. The summed E-state index contributed by atoms with van der Waals surface area (Å²) in [6.45, 7) is 0. The van der Waals surface area contributed by atoms with Crippen LogP contribution in [0.5, 0.6) is 0 Å². The normalized spacial score (nSPS) is 6.86. The minimum atomic E-state index is -0.322. The molecular weight excluding hydrogens is 271 g/mol. The molecular formula is C8H7Cl2LiO2Zn. The number of methoxy groups -OCH3 is 1. The van der Waals surface area contributed by atoms with Crippen molar-refractivity contribution in [3.63, 3.8) is 0 Å². The van der Waals surface area contributed by atoms with Crippen LogP contribution < -0.4 is 31.3 Å². The molecule has 0 saturated heterocycles. The average Bonchev–Trinajstić information content (AvgIpc) is 2.21. The van der Waals surface area contributed by atoms with Gasteiger partial charge in [0.25, 0.3) is 5.97 Å². The fourth-order valence-electron chi connectivity index (χ4n) is 0.638. The maximum Gasteiger partial charge on any atom is 1.00 e. The van der Waals surface area contributed by atoms with E-state index < -0.39 is 0 Å². The molecule has 0 bridgehead atoms. The van der Waals surface area contributed by atoms with E-state index in [-0.39, 0.29) is 37.2 Å². The summed E-state index contributed by atoms with van der Waals surface area (Å²) in [4.78, 5) is 10.8. The van der Waals surface area contributed by atoms with E-state index in [4.69, 9.17) is 9.69 Å². The summed E-state index contributed by atoms with van der Waals surface area (Å²) in [5.41, 5.74) is 0.532. The van der Waals surface area contributed by atoms with Gasteiger partial charge in [0, 0.05) is 0 Å². The molecule has 1 aromatic carbocycles. The maximum absolute atomic E-state index is 10.8. The third-order valence-corrected chi connectivity index (χ3v) is 1.13. The number of halogens is 2. The number of rotatable bonds is 1. The van der Waals surface area contributed by atoms with Gasteiger partial charge in [0.2, 0.25) is 0 Å². The zero-order valence-corrected chi connectivity index (χ0v) is 12.6. The fourth-order valence-corrected chi connectivity index (χ4v) is 0.638. The molecule has 0 unspecified atom stereocenters. The number of esters is 1. The Balaban J connectivity index is -0.000000284. The zero-order chi connectivity index (χ0) is 9.40. The quantitative estimate of drug-likeness (QED) is 0.297. The van der Waals surface area contributed by atoms with Gasteiger partial charge >= 0.3 is 45.9 Å². The maximum atomic E-state index is 10.8. The first-order chi connectivity index (χ1) is 5.84. The second-order valence-corrected chi connectivity index (χ2v) is 1.78. The minimum Gasteiger partial charge on any atom is 1.00 e. The van der Waals surface area contributed by atoms with E-state index in [1.165, 1.54) is 7.11 Å². The van der Waals surface area contributed by atoms with Gasteiger partial charge in [-0.1, -0.05) is 5.56 Å². The topological polar surface area (TPSA) is 26.3 Å². The van der Waals surface area contributed by atoms with Crippen molar-refractivity contribution in [1.29, 1.82) is 0 Å². The van der Waals surface area contributed by atoms with E-state index in [0.717, 1.165) is 17.3 Å². The Morgan fingerprint density at radius 2 is 2.14 bits per heavy atom. The van der Waals surface area contributed by atoms with Crippen LogP contribution >= 0.6 is 9.69 Å². The van der Waals surface area contributed by atoms with E-state index >= 15 is 0 Å². The third-order valence-electron chi connectivity index (χ3n) is 1.13. The first-order valence-corrected chi connectivity index (χ1v) is 7.05. The molecule has 6 heteroatoms. The van der Waals surface area contributed by atoms with Gasteiger partial charge in [-0.2, -0.15) is 30.3 Å². The minimum absolute atomic E-state index is 0. The molecule has 0 radical (unpaired) electrons. The predicted octanol–water partition coefficient (Wildman–Crippen LogP) is -4.03. The largest absolute Gasteiger partial charge is 1.00 e. The molecule has 0 aliphatic rings. The number of hydrogen-bond acceptors (Lipinski definition) is 2. The van der Waals surface area contributed by atoms with E-state index in [1.807, 2.05) is 0 Å². The molecule has 1 rings (SSSR count). The van der Waals surface area contributed by atoms with Gasteiger partial charge in [0.1, 0.15) is 0 Å². The van der Waals surface area contributed by atoms with Crippen LogP contribution in [0, 0.1) is 6.07 Å². The summed E-state index contributed by atoms with van der Waals surface area (Å²) >= 11 is 0.847. The Hall–Kier alpha value is 0.491. The molecule has 0 N–H and O–H groups in total. The van der Waals surface area contributed by atoms with Crippen molar-refractivity contribution in [2.24, 2.45) is 0 Å². The second-order valence-electron chi connectivity index (χ2n) is 1.78. The number of ether oxygens (including phenoxy) is 1. The molecule has 68 valence electrons. The predicted molar refractivity (Wildman–Crippen MR) is 42.5 cm³/mol. The van der Waals surface area contributed by atoms with Crippen LogP contribution in [0.4, 0.5) is 0 Å². The van der Waals surface area contributed by atoms with Gasteiger partial charge in [-0.05, 0) is 0 Å². The van der Waals surface area contributed by atoms with Crippen LogP contribution in [0.2, 0.25) is 0 Å². The molecule has 1 aromatic rings. The second kappa shape index (κ2) is 13.5. The summed E-state index contributed by atoms with van der Waals surface area (Å²) in [5, 5.41) is 0. The van der Waals surface area contributed by atoms with Crippen molar-refractivity contribution in [3.05, 3.63) is 35.9 Å². The Morgan fingerprint density at radius 1 is 1.57 bits per heavy atom. The van der Waals surface area contributed by atoms with Gasteiger partial charge in [-0.15, -0.1) is 0 Å². The number of carbonyl (C=O) groups excluding carboxylic acids is 1. The molecule has 0 spiro atoms. The molecule has 0 aliphatic carbocycles. The van der Waals surface area contributed by atoms with Crippen LogP contribution in [0.3, 0.4) is 0 Å². The number of carbonyl (C=O) groups is 1. The van der Waals surface area contributed by atoms with E-state index in [9.17, 15) is 4.79 Å². The Kier molecular flexibility index (Phi) is 19.2. The van der Waals surface area contributed by atoms with Gasteiger partial charge < -0.3 is 17.1 Å². The van der Waals surface area contributed by atoms with Crippen LogP contribution in [-0.2, 0) is 22.0 Å². The molecule has 0 saturated carbocycles. The van der Waals surface area contributed by atoms with Crippen molar-refractivity contribution in [2.45, 2.75) is 0 Å². The SMILES string of the molecule is COC(=O)c1c[c-]ccc1.[Cl-].[Cl][Zn+].[Li+]. The molecule has 0 aliphatic heterocycles. The molecule has 2 nitrogen and oxygen atoms in total. The van der Waals surface area contributed by atoms with Crippen LogP contribution in [-0.4, -0.2) is 13.1 Å². The van der Waals surface area contributed by atoms with E-state index in [0.29, 0.717) is 5.56 Å². The Labute approximate surface area is 116 Å². The smallest absolute Gasteiger partial charge is 1.00 e. The molecule has 0 fully saturated rings. The van der Waals surface area contributed by atoms with Crippen molar-refractivity contribution in [2.75, 3.05) is 7.11 Å². The molecule has 0 aromatic heterocycles. The first-order valence-electron chi connectivity index (χ1n) is 3.16. The van der Waals surface area contributed by atoms with E-state index in [1.54, 1.807) is 24.3 Å². The van der Waals surface area contributed by atoms with Crippen LogP contribution in [0.15, 0.2) is 24.3 Å². The van der Waals surface area contributed by atoms with Crippen molar-refractivity contribution < 1.29 is 58.1 Å². The molecule has 14 heavy (non-hydrogen) atoms. The third kappa shape index (κ3) is 7.85. The monoisotopic (exact) mass is 276 g/mol. The first kappa shape index (κ1) is 20.0. The number of benzene rings is 1. The molecule has 0 amide bonds. The summed E-state index contributed by atoms with van der Waals surface area (Å²) in [7, 11) is 6.12. The molecule has 0 atom stereocenters. The summed E-state index contributed by atoms with van der Waals surface area (Å²) in [5.74, 6) is -0.322. The van der Waals surface area contributed by atoms with E-state index in [2.05, 4.69) is 10.8 Å². The van der Waals surface area contributed by atoms with Crippen LogP contribution in [0.1, 0.15) is 10.4 Å². The average molecular weight is 278 g/mol. The number of hydrogen-bond donors (Lipinski definition) is 0. The Morgan fingerprint density at radius 3 is 2.50 bits per heavy atom. The standard InChI is InChI=1S/C8H7O2.2ClH.Li.Zn/c1-10-8(9)7-5-3-2-4-6-7;;;;/h2-3,5-6H,1H3;2*1H;;/q-1;;;+1;+2/p-2. The van der Waals surface area contributed by atoms with Crippen LogP contribution in [0.25, 0.3) is 0 Å². The Bertz CT molecular complexity index is 234.